The number of nitrogens with one attached hydrogen (secondary N) is 1. The third-order valence-corrected chi connectivity index (χ3v) is 3.39. The lowest BCUT2D eigenvalue weighted by Crippen LogP contribution is -2.25. The molecule has 1 rings (SSSR count). The minimum absolute atomic E-state index is 0.0703. The number of amides is 1. The van der Waals surface area contributed by atoms with Gasteiger partial charge in [-0.05, 0) is 18.8 Å². The van der Waals surface area contributed by atoms with Crippen LogP contribution in [-0.4, -0.2) is 23.5 Å². The summed E-state index contributed by atoms with van der Waals surface area (Å²) in [7, 11) is 0. The fraction of sp³-hybridized carbons (Fsp3) is 0.846. The molecule has 0 radical (unpaired) electrons. The lowest BCUT2D eigenvalue weighted by molar-refractivity contribution is -0.137. The van der Waals surface area contributed by atoms with Crippen molar-refractivity contribution in [2.45, 2.75) is 57.8 Å². The van der Waals surface area contributed by atoms with E-state index in [0.29, 0.717) is 19.4 Å². The summed E-state index contributed by atoms with van der Waals surface area (Å²) in [5, 5.41) is 11.2. The van der Waals surface area contributed by atoms with E-state index in [1.807, 2.05) is 0 Å². The summed E-state index contributed by atoms with van der Waals surface area (Å²) >= 11 is 0. The van der Waals surface area contributed by atoms with Crippen molar-refractivity contribution in [3.63, 3.8) is 0 Å². The highest BCUT2D eigenvalue weighted by Gasteiger charge is 2.14. The van der Waals surface area contributed by atoms with E-state index in [-0.39, 0.29) is 12.3 Å². The van der Waals surface area contributed by atoms with Crippen molar-refractivity contribution in [3.05, 3.63) is 0 Å². The van der Waals surface area contributed by atoms with Gasteiger partial charge < -0.3 is 10.4 Å². The van der Waals surface area contributed by atoms with Gasteiger partial charge in [0.1, 0.15) is 0 Å². The first kappa shape index (κ1) is 14.0. The second-order valence-corrected chi connectivity index (χ2v) is 4.89. The van der Waals surface area contributed by atoms with Gasteiger partial charge in [-0.1, -0.05) is 32.1 Å². The van der Waals surface area contributed by atoms with Gasteiger partial charge in [0.25, 0.3) is 0 Å². The molecular weight excluding hydrogens is 218 g/mol. The molecule has 0 atom stereocenters. The number of aliphatic carboxylic acids is 1. The Hall–Kier alpha value is -1.06. The molecule has 1 aliphatic carbocycles. The van der Waals surface area contributed by atoms with E-state index < -0.39 is 5.97 Å². The highest BCUT2D eigenvalue weighted by molar-refractivity contribution is 5.75. The second kappa shape index (κ2) is 8.09. The lowest BCUT2D eigenvalue weighted by Gasteiger charge is -2.20. The summed E-state index contributed by atoms with van der Waals surface area (Å²) < 4.78 is 0. The van der Waals surface area contributed by atoms with Crippen LogP contribution in [0.3, 0.4) is 0 Å². The van der Waals surface area contributed by atoms with Crippen LogP contribution in [-0.2, 0) is 9.59 Å². The summed E-state index contributed by atoms with van der Waals surface area (Å²) in [5.41, 5.74) is 0. The first-order valence-electron chi connectivity index (χ1n) is 6.67. The van der Waals surface area contributed by atoms with Gasteiger partial charge in [0.05, 0.1) is 0 Å². The number of carboxylic acids is 1. The summed E-state index contributed by atoms with van der Waals surface area (Å²) in [6, 6.07) is 0. The van der Waals surface area contributed by atoms with Crippen LogP contribution in [0.1, 0.15) is 57.8 Å². The number of carbonyl (C=O) groups excluding carboxylic acids is 1. The molecule has 17 heavy (non-hydrogen) atoms. The Morgan fingerprint density at radius 2 is 1.82 bits per heavy atom. The maximum atomic E-state index is 11.5. The third-order valence-electron chi connectivity index (χ3n) is 3.39. The Morgan fingerprint density at radius 1 is 1.12 bits per heavy atom. The van der Waals surface area contributed by atoms with Crippen LogP contribution >= 0.6 is 0 Å². The molecule has 1 fully saturated rings. The maximum absolute atomic E-state index is 11.5. The van der Waals surface area contributed by atoms with E-state index in [0.717, 1.165) is 12.3 Å². The van der Waals surface area contributed by atoms with E-state index in [1.54, 1.807) is 0 Å². The predicted molar refractivity (Wildman–Crippen MR) is 65.7 cm³/mol. The Kier molecular flexibility index (Phi) is 6.67. The molecular formula is C13H23NO3. The summed E-state index contributed by atoms with van der Waals surface area (Å²) in [5.74, 6) is -0.00376. The fourth-order valence-electron chi connectivity index (χ4n) is 2.37. The Morgan fingerprint density at radius 3 is 2.47 bits per heavy atom. The van der Waals surface area contributed by atoms with Crippen LogP contribution in [0, 0.1) is 5.92 Å². The molecule has 0 spiro atoms. The van der Waals surface area contributed by atoms with Crippen molar-refractivity contribution in [3.8, 4) is 0 Å². The van der Waals surface area contributed by atoms with Gasteiger partial charge >= 0.3 is 5.97 Å². The van der Waals surface area contributed by atoms with E-state index in [2.05, 4.69) is 5.32 Å². The summed E-state index contributed by atoms with van der Waals surface area (Å²) in [6.07, 6.45) is 8.74. The molecule has 0 heterocycles. The molecule has 4 nitrogen and oxygen atoms in total. The van der Waals surface area contributed by atoms with Gasteiger partial charge in [0, 0.05) is 19.4 Å². The molecule has 0 aromatic heterocycles. The fourth-order valence-corrected chi connectivity index (χ4v) is 2.37. The Balaban J connectivity index is 1.98. The molecule has 0 aliphatic heterocycles. The van der Waals surface area contributed by atoms with Crippen LogP contribution in [0.15, 0.2) is 0 Å². The van der Waals surface area contributed by atoms with Crippen LogP contribution in [0.4, 0.5) is 0 Å². The average molecular weight is 241 g/mol. The standard InChI is InChI=1S/C13H23NO3/c15-12(14-10-4-7-13(16)17)9-8-11-5-2-1-3-6-11/h11H,1-10H2,(H,14,15)(H,16,17). The molecule has 4 heteroatoms. The molecule has 0 bridgehead atoms. The molecule has 0 aromatic carbocycles. The maximum Gasteiger partial charge on any atom is 0.303 e. The zero-order valence-corrected chi connectivity index (χ0v) is 10.4. The second-order valence-electron chi connectivity index (χ2n) is 4.89. The van der Waals surface area contributed by atoms with Gasteiger partial charge in [-0.15, -0.1) is 0 Å². The smallest absolute Gasteiger partial charge is 0.303 e. The zero-order valence-electron chi connectivity index (χ0n) is 10.4. The molecule has 1 aliphatic rings. The SMILES string of the molecule is O=C(O)CCCNC(=O)CCC1CCCCC1. The Labute approximate surface area is 103 Å². The van der Waals surface area contributed by atoms with Gasteiger partial charge in [0.15, 0.2) is 0 Å². The molecule has 2 N–H and O–H groups in total. The Bertz CT molecular complexity index is 247. The zero-order chi connectivity index (χ0) is 12.5. The van der Waals surface area contributed by atoms with Gasteiger partial charge in [0.2, 0.25) is 5.91 Å². The lowest BCUT2D eigenvalue weighted by atomic mass is 9.86. The van der Waals surface area contributed by atoms with Crippen LogP contribution in [0.25, 0.3) is 0 Å². The van der Waals surface area contributed by atoms with Crippen molar-refractivity contribution in [2.75, 3.05) is 6.54 Å². The van der Waals surface area contributed by atoms with Crippen molar-refractivity contribution >= 4 is 11.9 Å². The molecule has 0 saturated heterocycles. The highest BCUT2D eigenvalue weighted by atomic mass is 16.4. The number of rotatable bonds is 7. The third kappa shape index (κ3) is 6.97. The van der Waals surface area contributed by atoms with Crippen molar-refractivity contribution < 1.29 is 14.7 Å². The van der Waals surface area contributed by atoms with Crippen molar-refractivity contribution in [2.24, 2.45) is 5.92 Å². The highest BCUT2D eigenvalue weighted by Crippen LogP contribution is 2.27. The van der Waals surface area contributed by atoms with E-state index >= 15 is 0 Å². The largest absolute Gasteiger partial charge is 0.481 e. The topological polar surface area (TPSA) is 66.4 Å². The molecule has 0 aromatic rings. The minimum Gasteiger partial charge on any atom is -0.481 e. The number of hydrogen-bond acceptors (Lipinski definition) is 2. The van der Waals surface area contributed by atoms with E-state index in [4.69, 9.17) is 5.11 Å². The van der Waals surface area contributed by atoms with Crippen LogP contribution in [0.5, 0.6) is 0 Å². The monoisotopic (exact) mass is 241 g/mol. The van der Waals surface area contributed by atoms with Crippen LogP contribution < -0.4 is 5.32 Å². The number of hydrogen-bond donors (Lipinski definition) is 2. The first-order valence-corrected chi connectivity index (χ1v) is 6.67. The normalized spacial score (nSPS) is 16.7. The molecule has 0 unspecified atom stereocenters. The average Bonchev–Trinajstić information content (AvgIpc) is 2.33. The first-order chi connectivity index (χ1) is 8.18. The molecule has 1 saturated carbocycles. The van der Waals surface area contributed by atoms with Crippen LogP contribution in [0.2, 0.25) is 0 Å². The van der Waals surface area contributed by atoms with Crippen molar-refractivity contribution in [1.82, 2.24) is 5.32 Å². The predicted octanol–water partition coefficient (Wildman–Crippen LogP) is 2.33. The summed E-state index contributed by atoms with van der Waals surface area (Å²) in [6.45, 7) is 0.482. The minimum atomic E-state index is -0.804. The molecule has 1 amide bonds. The van der Waals surface area contributed by atoms with Gasteiger partial charge in [-0.25, -0.2) is 0 Å². The summed E-state index contributed by atoms with van der Waals surface area (Å²) in [4.78, 5) is 21.7. The van der Waals surface area contributed by atoms with Gasteiger partial charge in [-0.2, -0.15) is 0 Å². The van der Waals surface area contributed by atoms with E-state index in [9.17, 15) is 9.59 Å². The van der Waals surface area contributed by atoms with Gasteiger partial charge in [-0.3, -0.25) is 9.59 Å². The van der Waals surface area contributed by atoms with Crippen molar-refractivity contribution in [1.29, 1.82) is 0 Å². The number of carboxylic acid groups (broad SMARTS) is 1. The van der Waals surface area contributed by atoms with E-state index in [1.165, 1.54) is 32.1 Å². The quantitative estimate of drug-likeness (QED) is 0.672. The molecule has 98 valence electrons. The number of carbonyl (C=O) groups is 2.